The predicted octanol–water partition coefficient (Wildman–Crippen LogP) is -4.67. The minimum Gasteiger partial charge on any atom is -0.550 e. The van der Waals surface area contributed by atoms with E-state index in [2.05, 4.69) is 0 Å². The summed E-state index contributed by atoms with van der Waals surface area (Å²) in [5.41, 5.74) is 0. The monoisotopic (exact) mass is 114 g/mol. The van der Waals surface area contributed by atoms with Gasteiger partial charge in [0.1, 0.15) is 0 Å². The number of carboxylic acids is 1. The molecule has 3 nitrogen and oxygen atoms in total. The van der Waals surface area contributed by atoms with Gasteiger partial charge in [0.05, 0.1) is 0 Å². The number of carbonyl (C=O) groups excluding carboxylic acids is 1. The molecule has 0 spiro atoms. The molecule has 0 aromatic rings. The van der Waals surface area contributed by atoms with Gasteiger partial charge in [-0.1, -0.05) is 6.92 Å². The van der Waals surface area contributed by atoms with E-state index in [1.165, 1.54) is 6.92 Å². The Kier molecular flexibility index (Phi) is 21.6. The molecule has 0 radical (unpaired) electrons. The zero-order valence-corrected chi connectivity index (χ0v) is 6.52. The third-order valence-electron chi connectivity index (χ3n) is 0.289. The van der Waals surface area contributed by atoms with Crippen LogP contribution in [-0.4, -0.2) is 11.4 Å². The Bertz CT molecular complexity index is 45.4. The molecule has 0 saturated carbocycles. The van der Waals surface area contributed by atoms with Gasteiger partial charge in [0.25, 0.3) is 0 Å². The molecular formula is C3H7NaO3. The molecule has 0 fully saturated rings. The van der Waals surface area contributed by atoms with Crippen LogP contribution in [0.25, 0.3) is 0 Å². The number of carboxylic acid groups (broad SMARTS) is 1. The Balaban J connectivity index is -0.0000000800. The van der Waals surface area contributed by atoms with Crippen LogP contribution in [0, 0.1) is 0 Å². The first kappa shape index (κ1) is 15.7. The van der Waals surface area contributed by atoms with Crippen molar-refractivity contribution in [2.45, 2.75) is 13.3 Å². The summed E-state index contributed by atoms with van der Waals surface area (Å²) < 4.78 is 0. The summed E-state index contributed by atoms with van der Waals surface area (Å²) >= 11 is 0. The van der Waals surface area contributed by atoms with E-state index in [0.717, 1.165) is 0 Å². The van der Waals surface area contributed by atoms with Gasteiger partial charge in [-0.3, -0.25) is 0 Å². The van der Waals surface area contributed by atoms with E-state index >= 15 is 0 Å². The van der Waals surface area contributed by atoms with Crippen LogP contribution < -0.4 is 34.7 Å². The molecule has 2 N–H and O–H groups in total. The van der Waals surface area contributed by atoms with Gasteiger partial charge in [-0.25, -0.2) is 0 Å². The third-order valence-corrected chi connectivity index (χ3v) is 0.289. The fourth-order valence-corrected chi connectivity index (χ4v) is 0. The molecule has 0 aliphatic carbocycles. The van der Waals surface area contributed by atoms with Crippen LogP contribution in [0.2, 0.25) is 0 Å². The smallest absolute Gasteiger partial charge is 0.550 e. The van der Waals surface area contributed by atoms with Gasteiger partial charge in [-0.05, 0) is 6.42 Å². The molecule has 0 bridgehead atoms. The molecule has 0 aromatic carbocycles. The summed E-state index contributed by atoms with van der Waals surface area (Å²) in [7, 11) is 0. The van der Waals surface area contributed by atoms with Crippen molar-refractivity contribution in [2.24, 2.45) is 0 Å². The Morgan fingerprint density at radius 1 is 1.71 bits per heavy atom. The van der Waals surface area contributed by atoms with Gasteiger partial charge >= 0.3 is 29.6 Å². The predicted molar refractivity (Wildman–Crippen MR) is 18.9 cm³/mol. The van der Waals surface area contributed by atoms with E-state index in [0.29, 0.717) is 0 Å². The van der Waals surface area contributed by atoms with Crippen LogP contribution >= 0.6 is 0 Å². The first-order valence-corrected chi connectivity index (χ1v) is 1.47. The van der Waals surface area contributed by atoms with Crippen molar-refractivity contribution >= 4 is 5.97 Å². The third kappa shape index (κ3) is 21.4. The molecule has 0 saturated heterocycles. The van der Waals surface area contributed by atoms with E-state index < -0.39 is 5.97 Å². The van der Waals surface area contributed by atoms with Crippen LogP contribution in [0.5, 0.6) is 0 Å². The summed E-state index contributed by atoms with van der Waals surface area (Å²) in [6.45, 7) is 1.54. The molecule has 0 aromatic heterocycles. The van der Waals surface area contributed by atoms with E-state index in [9.17, 15) is 9.90 Å². The van der Waals surface area contributed by atoms with Crippen molar-refractivity contribution in [3.63, 3.8) is 0 Å². The molecule has 7 heavy (non-hydrogen) atoms. The van der Waals surface area contributed by atoms with Crippen molar-refractivity contribution in [3.8, 4) is 0 Å². The molecule has 0 rings (SSSR count). The zero-order chi connectivity index (χ0) is 4.28. The largest absolute Gasteiger partial charge is 1.00 e. The fraction of sp³-hybridized carbons (Fsp3) is 0.667. The molecule has 0 amide bonds. The van der Waals surface area contributed by atoms with Crippen LogP contribution in [0.3, 0.4) is 0 Å². The van der Waals surface area contributed by atoms with E-state index in [4.69, 9.17) is 0 Å². The Labute approximate surface area is 64.3 Å². The maximum Gasteiger partial charge on any atom is 1.00 e. The Hall–Kier alpha value is 0.430. The van der Waals surface area contributed by atoms with Crippen LogP contribution in [0.15, 0.2) is 0 Å². The standard InChI is InChI=1S/C3H6O2.Na.H2O/c1-2-3(4)5;;/h2H2,1H3,(H,4,5);;1H2/q;+1;/p-1. The first-order valence-electron chi connectivity index (χ1n) is 1.47. The second-order valence-corrected chi connectivity index (χ2v) is 0.726. The van der Waals surface area contributed by atoms with Crippen molar-refractivity contribution in [1.29, 1.82) is 0 Å². The van der Waals surface area contributed by atoms with Gasteiger partial charge in [0.15, 0.2) is 0 Å². The summed E-state index contributed by atoms with van der Waals surface area (Å²) in [5, 5.41) is 9.26. The van der Waals surface area contributed by atoms with Crippen LogP contribution in [0.1, 0.15) is 13.3 Å². The van der Waals surface area contributed by atoms with Crippen molar-refractivity contribution in [1.82, 2.24) is 0 Å². The van der Waals surface area contributed by atoms with E-state index in [-0.39, 0.29) is 41.5 Å². The molecule has 0 unspecified atom stereocenters. The number of carbonyl (C=O) groups is 1. The molecular weight excluding hydrogens is 107 g/mol. The van der Waals surface area contributed by atoms with E-state index in [1.807, 2.05) is 0 Å². The quantitative estimate of drug-likeness (QED) is 0.321. The van der Waals surface area contributed by atoms with Gasteiger partial charge in [0, 0.05) is 5.97 Å². The summed E-state index contributed by atoms with van der Waals surface area (Å²) in [6.07, 6.45) is 0.111. The zero-order valence-electron chi connectivity index (χ0n) is 4.52. The topological polar surface area (TPSA) is 71.6 Å². The number of hydrogen-bond donors (Lipinski definition) is 0. The molecule has 38 valence electrons. The Morgan fingerprint density at radius 3 is 1.86 bits per heavy atom. The minimum atomic E-state index is -0.995. The fourth-order valence-electron chi connectivity index (χ4n) is 0. The maximum absolute atomic E-state index is 9.26. The van der Waals surface area contributed by atoms with E-state index in [1.54, 1.807) is 0 Å². The van der Waals surface area contributed by atoms with Gasteiger partial charge in [-0.2, -0.15) is 0 Å². The van der Waals surface area contributed by atoms with Crippen LogP contribution in [-0.2, 0) is 4.79 Å². The summed E-state index contributed by atoms with van der Waals surface area (Å²) in [5.74, 6) is -0.995. The Morgan fingerprint density at radius 2 is 1.86 bits per heavy atom. The van der Waals surface area contributed by atoms with Gasteiger partial charge in [-0.15, -0.1) is 0 Å². The van der Waals surface area contributed by atoms with Crippen molar-refractivity contribution in [2.75, 3.05) is 0 Å². The summed E-state index contributed by atoms with van der Waals surface area (Å²) in [4.78, 5) is 9.26. The van der Waals surface area contributed by atoms with Crippen LogP contribution in [0.4, 0.5) is 0 Å². The summed E-state index contributed by atoms with van der Waals surface area (Å²) in [6, 6.07) is 0. The average Bonchev–Trinajstić information content (AvgIpc) is 1.38. The van der Waals surface area contributed by atoms with Gasteiger partial charge in [0.2, 0.25) is 0 Å². The molecule has 0 heterocycles. The molecule has 0 aliphatic heterocycles. The average molecular weight is 114 g/mol. The first-order chi connectivity index (χ1) is 2.27. The van der Waals surface area contributed by atoms with Crippen molar-refractivity contribution in [3.05, 3.63) is 0 Å². The second-order valence-electron chi connectivity index (χ2n) is 0.726. The SMILES string of the molecule is CCC(=O)[O-].O.[Na+]. The van der Waals surface area contributed by atoms with Gasteiger partial charge < -0.3 is 15.4 Å². The second kappa shape index (κ2) is 9.66. The minimum absolute atomic E-state index is 0. The number of aliphatic carboxylic acids is 1. The number of rotatable bonds is 1. The normalized spacial score (nSPS) is 5.29. The molecule has 0 aliphatic rings. The molecule has 0 atom stereocenters. The van der Waals surface area contributed by atoms with Crippen molar-refractivity contribution < 1.29 is 44.9 Å². The molecule has 4 heteroatoms. The number of hydrogen-bond acceptors (Lipinski definition) is 2. The maximum atomic E-state index is 9.26.